The number of carbonyl (C=O) groups is 2. The molecule has 9 heteroatoms. The summed E-state index contributed by atoms with van der Waals surface area (Å²) in [5.74, 6) is -2.38. The van der Waals surface area contributed by atoms with Crippen LogP contribution >= 0.6 is 0 Å². The monoisotopic (exact) mass is 481 g/mol. The number of aliphatic hydroxyl groups excluding tert-OH is 1. The second kappa shape index (κ2) is 9.07. The number of urea groups is 1. The highest BCUT2D eigenvalue weighted by Gasteiger charge is 2.54. The highest BCUT2D eigenvalue weighted by atomic mass is 19.1. The van der Waals surface area contributed by atoms with Crippen molar-refractivity contribution in [1.29, 1.82) is 0 Å². The Bertz CT molecular complexity index is 1280. The third kappa shape index (κ3) is 4.23. The van der Waals surface area contributed by atoms with Gasteiger partial charge in [0, 0.05) is 18.5 Å². The van der Waals surface area contributed by atoms with Gasteiger partial charge in [-0.15, -0.1) is 0 Å². The number of piperazine rings is 1. The fourth-order valence-electron chi connectivity index (χ4n) is 5.01. The Hall–Kier alpha value is -3.85. The second-order valence-electron chi connectivity index (χ2n) is 8.71. The molecule has 35 heavy (non-hydrogen) atoms. The lowest BCUT2D eigenvalue weighted by Gasteiger charge is -2.58. The van der Waals surface area contributed by atoms with Crippen LogP contribution < -0.4 is 5.32 Å². The van der Waals surface area contributed by atoms with Crippen molar-refractivity contribution in [3.8, 4) is 11.1 Å². The lowest BCUT2D eigenvalue weighted by molar-refractivity contribution is -0.159. The van der Waals surface area contributed by atoms with Crippen LogP contribution in [-0.2, 0) is 4.79 Å². The molecule has 0 bridgehead atoms. The summed E-state index contributed by atoms with van der Waals surface area (Å²) in [6, 6.07) is 14.9. The van der Waals surface area contributed by atoms with Crippen LogP contribution in [-0.4, -0.2) is 58.6 Å². The fraction of sp³-hybridized carbons (Fsp3) is 0.231. The van der Waals surface area contributed by atoms with Crippen molar-refractivity contribution in [2.45, 2.75) is 18.0 Å². The van der Waals surface area contributed by atoms with Gasteiger partial charge in [0.25, 0.3) is 0 Å². The molecule has 2 fully saturated rings. The minimum absolute atomic E-state index is 0.168. The lowest BCUT2D eigenvalue weighted by Crippen LogP contribution is -2.73. The molecule has 0 unspecified atom stereocenters. The fourth-order valence-corrected chi connectivity index (χ4v) is 5.01. The minimum atomic E-state index is -0.787. The molecule has 3 atom stereocenters. The molecule has 3 amide bonds. The number of rotatable bonds is 4. The number of anilines is 1. The topological polar surface area (TPSA) is 72.9 Å². The quantitative estimate of drug-likeness (QED) is 0.592. The molecule has 2 saturated heterocycles. The van der Waals surface area contributed by atoms with E-state index in [1.807, 2.05) is 24.3 Å². The number of nitrogens with zero attached hydrogens (tertiary/aromatic N) is 2. The maximum Gasteiger partial charge on any atom is 0.322 e. The van der Waals surface area contributed by atoms with E-state index in [9.17, 15) is 27.9 Å². The Balaban J connectivity index is 1.35. The lowest BCUT2D eigenvalue weighted by atomic mass is 9.73. The number of benzene rings is 3. The molecule has 2 aliphatic rings. The Morgan fingerprint density at radius 2 is 1.71 bits per heavy atom. The van der Waals surface area contributed by atoms with Crippen molar-refractivity contribution in [3.63, 3.8) is 0 Å². The first-order chi connectivity index (χ1) is 16.9. The predicted octanol–water partition coefficient (Wildman–Crippen LogP) is 3.97. The summed E-state index contributed by atoms with van der Waals surface area (Å²) < 4.78 is 41.0. The molecule has 5 rings (SSSR count). The minimum Gasteiger partial charge on any atom is -0.394 e. The van der Waals surface area contributed by atoms with Gasteiger partial charge in [0.1, 0.15) is 24.0 Å². The Labute approximate surface area is 199 Å². The number of halogens is 3. The van der Waals surface area contributed by atoms with Crippen molar-refractivity contribution in [1.82, 2.24) is 9.80 Å². The molecule has 2 heterocycles. The standard InChI is InChI=1S/C26H22F3N3O3/c27-18-3-1-2-17(10-18)15-4-6-16(7-5-15)25-22-12-31(13-24(34)32(22)23(25)14-33)26(35)30-21-11-19(28)8-9-20(21)29/h1-11,22-23,25,33H,12-14H2,(H,30,35)/t22-,23-,25+/m1/s1. The van der Waals surface area contributed by atoms with Gasteiger partial charge < -0.3 is 20.2 Å². The molecular weight excluding hydrogens is 459 g/mol. The summed E-state index contributed by atoms with van der Waals surface area (Å²) in [4.78, 5) is 28.4. The van der Waals surface area contributed by atoms with Crippen LogP contribution in [0.15, 0.2) is 66.7 Å². The Kier molecular flexibility index (Phi) is 5.94. The molecule has 3 aromatic carbocycles. The van der Waals surface area contributed by atoms with Gasteiger partial charge in [0.2, 0.25) is 5.91 Å². The number of aliphatic hydroxyl groups is 1. The van der Waals surface area contributed by atoms with E-state index < -0.39 is 23.7 Å². The van der Waals surface area contributed by atoms with Crippen molar-refractivity contribution in [2.75, 3.05) is 25.0 Å². The van der Waals surface area contributed by atoms with Crippen LogP contribution in [0.3, 0.4) is 0 Å². The maximum atomic E-state index is 14.0. The smallest absolute Gasteiger partial charge is 0.322 e. The number of fused-ring (bicyclic) bond motifs is 1. The molecule has 6 nitrogen and oxygen atoms in total. The van der Waals surface area contributed by atoms with Crippen molar-refractivity contribution in [3.05, 3.63) is 89.7 Å². The predicted molar refractivity (Wildman–Crippen MR) is 123 cm³/mol. The summed E-state index contributed by atoms with van der Waals surface area (Å²) in [6.45, 7) is -0.304. The van der Waals surface area contributed by atoms with Gasteiger partial charge >= 0.3 is 6.03 Å². The zero-order chi connectivity index (χ0) is 24.7. The number of carbonyl (C=O) groups excluding carboxylic acids is 2. The van der Waals surface area contributed by atoms with Gasteiger partial charge in [-0.25, -0.2) is 18.0 Å². The molecule has 0 aromatic heterocycles. The van der Waals surface area contributed by atoms with E-state index in [4.69, 9.17) is 0 Å². The molecule has 0 aliphatic carbocycles. The van der Waals surface area contributed by atoms with E-state index in [1.54, 1.807) is 17.0 Å². The number of amides is 3. The molecule has 180 valence electrons. The zero-order valence-electron chi connectivity index (χ0n) is 18.5. The van der Waals surface area contributed by atoms with E-state index in [2.05, 4.69) is 5.32 Å². The Morgan fingerprint density at radius 1 is 0.971 bits per heavy atom. The van der Waals surface area contributed by atoms with Crippen molar-refractivity contribution >= 4 is 17.6 Å². The number of hydrogen-bond donors (Lipinski definition) is 2. The van der Waals surface area contributed by atoms with Gasteiger partial charge in [-0.2, -0.15) is 0 Å². The summed E-state index contributed by atoms with van der Waals surface area (Å²) in [7, 11) is 0. The average Bonchev–Trinajstić information content (AvgIpc) is 2.83. The van der Waals surface area contributed by atoms with E-state index in [1.165, 1.54) is 17.0 Å². The molecule has 2 aliphatic heterocycles. The molecule has 2 N–H and O–H groups in total. The van der Waals surface area contributed by atoms with Crippen LogP contribution in [0.2, 0.25) is 0 Å². The first-order valence-electron chi connectivity index (χ1n) is 11.1. The van der Waals surface area contributed by atoms with Gasteiger partial charge in [0.15, 0.2) is 0 Å². The van der Waals surface area contributed by atoms with Crippen LogP contribution in [0, 0.1) is 17.5 Å². The van der Waals surface area contributed by atoms with Crippen molar-refractivity contribution < 1.29 is 27.9 Å². The van der Waals surface area contributed by atoms with E-state index in [0.29, 0.717) is 0 Å². The summed E-state index contributed by atoms with van der Waals surface area (Å²) >= 11 is 0. The highest BCUT2D eigenvalue weighted by molar-refractivity contribution is 5.94. The molecule has 3 aromatic rings. The van der Waals surface area contributed by atoms with Crippen LogP contribution in [0.1, 0.15) is 11.5 Å². The molecule has 0 radical (unpaired) electrons. The molecule has 0 saturated carbocycles. The van der Waals surface area contributed by atoms with Crippen LogP contribution in [0.5, 0.6) is 0 Å². The van der Waals surface area contributed by atoms with E-state index in [-0.39, 0.29) is 49.1 Å². The maximum absolute atomic E-state index is 14.0. The third-order valence-corrected chi connectivity index (χ3v) is 6.66. The van der Waals surface area contributed by atoms with Gasteiger partial charge in [0.05, 0.1) is 24.4 Å². The van der Waals surface area contributed by atoms with Gasteiger partial charge in [-0.3, -0.25) is 4.79 Å². The summed E-state index contributed by atoms with van der Waals surface area (Å²) in [5.41, 5.74) is 2.11. The highest BCUT2D eigenvalue weighted by Crippen LogP contribution is 2.43. The average molecular weight is 481 g/mol. The molecule has 0 spiro atoms. The number of hydrogen-bond acceptors (Lipinski definition) is 3. The third-order valence-electron chi connectivity index (χ3n) is 6.66. The van der Waals surface area contributed by atoms with Crippen LogP contribution in [0.4, 0.5) is 23.7 Å². The summed E-state index contributed by atoms with van der Waals surface area (Å²) in [5, 5.41) is 12.3. The zero-order valence-corrected chi connectivity index (χ0v) is 18.5. The molecular formula is C26H22F3N3O3. The first-order valence-corrected chi connectivity index (χ1v) is 11.1. The van der Waals surface area contributed by atoms with Gasteiger partial charge in [-0.05, 0) is 41.0 Å². The van der Waals surface area contributed by atoms with E-state index >= 15 is 0 Å². The number of nitrogens with one attached hydrogen (secondary N) is 1. The van der Waals surface area contributed by atoms with Crippen LogP contribution in [0.25, 0.3) is 11.1 Å². The second-order valence-corrected chi connectivity index (χ2v) is 8.71. The largest absolute Gasteiger partial charge is 0.394 e. The SMILES string of the molecule is O=C(Nc1cc(F)ccc1F)N1CC(=O)N2[C@H](CO)[C@@H](c3ccc(-c4cccc(F)c4)cc3)[C@H]2C1. The van der Waals surface area contributed by atoms with Gasteiger partial charge in [-0.1, -0.05) is 36.4 Å². The Morgan fingerprint density at radius 3 is 2.43 bits per heavy atom. The summed E-state index contributed by atoms with van der Waals surface area (Å²) in [6.07, 6.45) is 0. The first kappa shape index (κ1) is 22.9. The van der Waals surface area contributed by atoms with E-state index in [0.717, 1.165) is 34.9 Å². The van der Waals surface area contributed by atoms with Crippen molar-refractivity contribution in [2.24, 2.45) is 0 Å². The normalized spacial score (nSPS) is 21.4.